The van der Waals surface area contributed by atoms with E-state index in [1.54, 1.807) is 30.3 Å². The van der Waals surface area contributed by atoms with Crippen molar-refractivity contribution in [1.82, 2.24) is 14.8 Å². The molecule has 5 rings (SSSR count). The molecule has 0 radical (unpaired) electrons. The summed E-state index contributed by atoms with van der Waals surface area (Å²) in [4.78, 5) is 32.9. The topological polar surface area (TPSA) is 121 Å². The molecule has 0 saturated carbocycles. The number of thiazole rings is 1. The minimum absolute atomic E-state index is 0.240. The fraction of sp³-hybridized carbons (Fsp3) is 0.304. The van der Waals surface area contributed by atoms with Crippen molar-refractivity contribution in [3.63, 3.8) is 0 Å². The maximum absolute atomic E-state index is 13.3. The Morgan fingerprint density at radius 2 is 2.03 bits per heavy atom. The highest BCUT2D eigenvalue weighted by molar-refractivity contribution is 7.22. The molecule has 35 heavy (non-hydrogen) atoms. The van der Waals surface area contributed by atoms with Gasteiger partial charge in [0.2, 0.25) is 5.91 Å². The zero-order valence-corrected chi connectivity index (χ0v) is 20.0. The summed E-state index contributed by atoms with van der Waals surface area (Å²) in [6.07, 6.45) is 1.53. The van der Waals surface area contributed by atoms with E-state index in [9.17, 15) is 9.59 Å². The largest absolute Gasteiger partial charge is 0.497 e. The number of amides is 1. The second-order valence-corrected chi connectivity index (χ2v) is 8.65. The number of fused-ring (bicyclic) bond motifs is 1. The molecule has 1 N–H and O–H groups in total. The Kier molecular flexibility index (Phi) is 6.38. The first-order chi connectivity index (χ1) is 17.1. The molecule has 0 unspecified atom stereocenters. The first-order valence-corrected chi connectivity index (χ1v) is 11.7. The van der Waals surface area contributed by atoms with Crippen LogP contribution in [0.1, 0.15) is 0 Å². The molecule has 182 valence electrons. The van der Waals surface area contributed by atoms with E-state index in [1.165, 1.54) is 31.8 Å². The Hall–Kier alpha value is -3.90. The average molecular weight is 498 g/mol. The normalized spacial score (nSPS) is 13.7. The van der Waals surface area contributed by atoms with E-state index >= 15 is 0 Å². The third-order valence-corrected chi connectivity index (χ3v) is 6.62. The first kappa shape index (κ1) is 22.9. The lowest BCUT2D eigenvalue weighted by Gasteiger charge is -2.25. The molecule has 0 aliphatic carbocycles. The number of rotatable bonds is 7. The Morgan fingerprint density at radius 1 is 1.20 bits per heavy atom. The molecule has 1 aliphatic rings. The van der Waals surface area contributed by atoms with Gasteiger partial charge in [0.25, 0.3) is 5.56 Å². The Labute approximate surface area is 203 Å². The monoisotopic (exact) mass is 497 g/mol. The number of carbonyl (C=O) groups excluding carboxylic acids is 1. The third kappa shape index (κ3) is 4.57. The van der Waals surface area contributed by atoms with Gasteiger partial charge in [0.15, 0.2) is 16.4 Å². The van der Waals surface area contributed by atoms with Crippen molar-refractivity contribution in [3.05, 3.63) is 46.9 Å². The van der Waals surface area contributed by atoms with Crippen LogP contribution in [0.3, 0.4) is 0 Å². The van der Waals surface area contributed by atoms with Crippen LogP contribution in [0.4, 0.5) is 10.8 Å². The number of nitrogens with zero attached hydrogens (tertiary/aromatic N) is 4. The molecule has 0 atom stereocenters. The van der Waals surface area contributed by atoms with Crippen LogP contribution in [0.15, 0.2) is 45.8 Å². The van der Waals surface area contributed by atoms with Crippen LogP contribution in [-0.2, 0) is 16.1 Å². The zero-order chi connectivity index (χ0) is 24.4. The summed E-state index contributed by atoms with van der Waals surface area (Å²) in [6.45, 7) is 2.23. The van der Waals surface area contributed by atoms with Crippen molar-refractivity contribution in [2.45, 2.75) is 6.54 Å². The van der Waals surface area contributed by atoms with Crippen LogP contribution in [0.5, 0.6) is 11.5 Å². The van der Waals surface area contributed by atoms with Crippen molar-refractivity contribution < 1.29 is 23.4 Å². The summed E-state index contributed by atoms with van der Waals surface area (Å²) >= 11 is 1.37. The molecule has 4 aromatic rings. The van der Waals surface area contributed by atoms with E-state index in [2.05, 4.69) is 20.3 Å². The van der Waals surface area contributed by atoms with Gasteiger partial charge in [0, 0.05) is 19.2 Å². The number of methoxy groups -OCH3 is 2. The Balaban J connectivity index is 1.51. The van der Waals surface area contributed by atoms with Gasteiger partial charge >= 0.3 is 0 Å². The van der Waals surface area contributed by atoms with Gasteiger partial charge in [-0.3, -0.25) is 9.59 Å². The molecule has 1 saturated heterocycles. The van der Waals surface area contributed by atoms with Gasteiger partial charge in [-0.2, -0.15) is 5.10 Å². The predicted octanol–water partition coefficient (Wildman–Crippen LogP) is 2.61. The van der Waals surface area contributed by atoms with Gasteiger partial charge in [-0.1, -0.05) is 11.3 Å². The van der Waals surface area contributed by atoms with Crippen LogP contribution in [0.2, 0.25) is 0 Å². The van der Waals surface area contributed by atoms with Gasteiger partial charge in [0.1, 0.15) is 23.7 Å². The average Bonchev–Trinajstić information content (AvgIpc) is 3.57. The lowest BCUT2D eigenvalue weighted by Crippen LogP contribution is -2.36. The van der Waals surface area contributed by atoms with Crippen LogP contribution in [0.25, 0.3) is 21.7 Å². The highest BCUT2D eigenvalue weighted by atomic mass is 32.1. The van der Waals surface area contributed by atoms with Crippen LogP contribution in [0, 0.1) is 0 Å². The SMILES string of the molecule is COc1ccc(OC)c(NC(=O)Cn2nc(-c3ccco3)c3sc(N4CCOCC4)nc3c2=O)c1. The molecule has 1 aliphatic heterocycles. The molecule has 1 fully saturated rings. The minimum Gasteiger partial charge on any atom is -0.497 e. The molecular formula is C23H23N5O6S. The standard InChI is InChI=1S/C23H23N5O6S/c1-31-14-5-6-16(32-2)15(12-14)24-18(29)13-28-22(30)20-21(19(26-28)17-4-3-9-34-17)35-23(25-20)27-7-10-33-11-8-27/h3-6,9,12H,7-8,10-11,13H2,1-2H3,(H,24,29). The van der Waals surface area contributed by atoms with Gasteiger partial charge in [-0.15, -0.1) is 0 Å². The van der Waals surface area contributed by atoms with Crippen molar-refractivity contribution in [2.24, 2.45) is 0 Å². The van der Waals surface area contributed by atoms with Crippen molar-refractivity contribution in [1.29, 1.82) is 0 Å². The maximum Gasteiger partial charge on any atom is 0.294 e. The van der Waals surface area contributed by atoms with Crippen molar-refractivity contribution in [3.8, 4) is 23.0 Å². The van der Waals surface area contributed by atoms with E-state index in [4.69, 9.17) is 18.6 Å². The molecule has 12 heteroatoms. The summed E-state index contributed by atoms with van der Waals surface area (Å²) in [5.41, 5.74) is 0.650. The number of furan rings is 1. The fourth-order valence-corrected chi connectivity index (χ4v) is 4.86. The molecule has 11 nitrogen and oxygen atoms in total. The molecule has 1 amide bonds. The fourth-order valence-electron chi connectivity index (χ4n) is 3.76. The molecule has 4 heterocycles. The Bertz CT molecular complexity index is 1410. The third-order valence-electron chi connectivity index (χ3n) is 5.50. The molecule has 0 spiro atoms. The number of anilines is 2. The molecular weight excluding hydrogens is 474 g/mol. The highest BCUT2D eigenvalue weighted by Crippen LogP contribution is 2.34. The summed E-state index contributed by atoms with van der Waals surface area (Å²) in [6, 6.07) is 8.54. The quantitative estimate of drug-likeness (QED) is 0.411. The maximum atomic E-state index is 13.3. The van der Waals surface area contributed by atoms with Crippen LogP contribution < -0.4 is 25.2 Å². The van der Waals surface area contributed by atoms with Crippen LogP contribution >= 0.6 is 11.3 Å². The number of aromatic nitrogens is 3. The smallest absolute Gasteiger partial charge is 0.294 e. The summed E-state index contributed by atoms with van der Waals surface area (Å²) in [7, 11) is 3.03. The van der Waals surface area contributed by atoms with Crippen LogP contribution in [-0.4, -0.2) is 61.2 Å². The summed E-state index contributed by atoms with van der Waals surface area (Å²) < 4.78 is 23.3. The number of hydrogen-bond donors (Lipinski definition) is 1. The summed E-state index contributed by atoms with van der Waals surface area (Å²) in [5, 5.41) is 7.95. The zero-order valence-electron chi connectivity index (χ0n) is 19.1. The highest BCUT2D eigenvalue weighted by Gasteiger charge is 2.23. The molecule has 0 bridgehead atoms. The number of hydrogen-bond acceptors (Lipinski definition) is 10. The second-order valence-electron chi connectivity index (χ2n) is 7.68. The van der Waals surface area contributed by atoms with E-state index in [0.717, 1.165) is 4.68 Å². The van der Waals surface area contributed by atoms with Gasteiger partial charge in [0.05, 0.1) is 44.1 Å². The lowest BCUT2D eigenvalue weighted by atomic mass is 10.2. The first-order valence-electron chi connectivity index (χ1n) is 10.9. The number of benzene rings is 1. The molecule has 1 aromatic carbocycles. The lowest BCUT2D eigenvalue weighted by molar-refractivity contribution is -0.117. The van der Waals surface area contributed by atoms with E-state index in [0.29, 0.717) is 64.8 Å². The van der Waals surface area contributed by atoms with Gasteiger partial charge < -0.3 is 28.8 Å². The minimum atomic E-state index is -0.459. The predicted molar refractivity (Wildman–Crippen MR) is 131 cm³/mol. The number of nitrogens with one attached hydrogen (secondary N) is 1. The summed E-state index contributed by atoms with van der Waals surface area (Å²) in [5.74, 6) is 1.03. The van der Waals surface area contributed by atoms with Crippen molar-refractivity contribution >= 4 is 38.3 Å². The van der Waals surface area contributed by atoms with E-state index in [-0.39, 0.29) is 12.1 Å². The Morgan fingerprint density at radius 3 is 2.74 bits per heavy atom. The van der Waals surface area contributed by atoms with Gasteiger partial charge in [-0.05, 0) is 24.3 Å². The number of morpholine rings is 1. The molecule has 3 aromatic heterocycles. The number of carbonyl (C=O) groups is 1. The number of ether oxygens (including phenoxy) is 3. The second kappa shape index (κ2) is 9.76. The van der Waals surface area contributed by atoms with Crippen molar-refractivity contribution in [2.75, 3.05) is 50.7 Å². The van der Waals surface area contributed by atoms with E-state index < -0.39 is 11.5 Å². The van der Waals surface area contributed by atoms with Gasteiger partial charge in [-0.25, -0.2) is 9.67 Å². The van der Waals surface area contributed by atoms with E-state index in [1.807, 2.05) is 0 Å².